The van der Waals surface area contributed by atoms with Crippen molar-refractivity contribution < 1.29 is 13.5 Å². The minimum Gasteiger partial charge on any atom is -0.389 e. The Bertz CT molecular complexity index is 664. The predicted molar refractivity (Wildman–Crippen MR) is 79.0 cm³/mol. The first kappa shape index (κ1) is 15.7. The molecule has 2 atom stereocenters. The summed E-state index contributed by atoms with van der Waals surface area (Å²) in [6.07, 6.45) is 3.20. The number of imidazole rings is 1. The summed E-state index contributed by atoms with van der Waals surface area (Å²) in [5.41, 5.74) is 0.673. The Morgan fingerprint density at radius 3 is 2.48 bits per heavy atom. The number of aromatic nitrogens is 2. The predicted octanol–water partition coefficient (Wildman–Crippen LogP) is 1.89. The van der Waals surface area contributed by atoms with Crippen molar-refractivity contribution in [2.75, 3.05) is 0 Å². The Morgan fingerprint density at radius 2 is 2.00 bits per heavy atom. The summed E-state index contributed by atoms with van der Waals surface area (Å²) in [5.74, 6) is 0.585. The van der Waals surface area contributed by atoms with Gasteiger partial charge in [-0.15, -0.1) is 0 Å². The van der Waals surface area contributed by atoms with Crippen molar-refractivity contribution in [2.45, 2.75) is 37.3 Å². The van der Waals surface area contributed by atoms with Gasteiger partial charge >= 0.3 is 0 Å². The molecule has 0 amide bonds. The van der Waals surface area contributed by atoms with E-state index in [1.165, 1.54) is 12.1 Å². The molecule has 0 radical (unpaired) electrons. The van der Waals surface area contributed by atoms with Crippen molar-refractivity contribution in [3.63, 3.8) is 0 Å². The molecule has 0 spiro atoms. The van der Waals surface area contributed by atoms with Crippen LogP contribution in [-0.4, -0.2) is 23.5 Å². The highest BCUT2D eigenvalue weighted by atomic mass is 32.2. The van der Waals surface area contributed by atoms with Crippen LogP contribution in [0.3, 0.4) is 0 Å². The minimum atomic E-state index is -3.63. The van der Waals surface area contributed by atoms with Gasteiger partial charge in [0.15, 0.2) is 0 Å². The lowest BCUT2D eigenvalue weighted by Crippen LogP contribution is -2.29. The lowest BCUT2D eigenvalue weighted by Gasteiger charge is -2.15. The lowest BCUT2D eigenvalue weighted by atomic mass is 10.1. The maximum Gasteiger partial charge on any atom is 0.241 e. The van der Waals surface area contributed by atoms with E-state index in [2.05, 4.69) is 14.7 Å². The van der Waals surface area contributed by atoms with Gasteiger partial charge in [-0.25, -0.2) is 18.1 Å². The number of hydrogen-bond acceptors (Lipinski definition) is 4. The van der Waals surface area contributed by atoms with Gasteiger partial charge < -0.3 is 10.1 Å². The summed E-state index contributed by atoms with van der Waals surface area (Å²) in [7, 11) is -3.63. The Balaban J connectivity index is 2.21. The van der Waals surface area contributed by atoms with Crippen molar-refractivity contribution in [3.8, 4) is 0 Å². The highest BCUT2D eigenvalue weighted by Gasteiger charge is 2.21. The number of aromatic amines is 1. The first-order chi connectivity index (χ1) is 9.94. The topological polar surface area (TPSA) is 95.1 Å². The number of sulfonamides is 1. The van der Waals surface area contributed by atoms with Crippen molar-refractivity contribution >= 4 is 10.0 Å². The number of benzene rings is 1. The van der Waals surface area contributed by atoms with Crippen LogP contribution in [-0.2, 0) is 10.0 Å². The molecule has 1 heterocycles. The van der Waals surface area contributed by atoms with Crippen LogP contribution < -0.4 is 4.72 Å². The van der Waals surface area contributed by atoms with Gasteiger partial charge in [0.1, 0.15) is 5.82 Å². The number of nitrogens with one attached hydrogen (secondary N) is 2. The van der Waals surface area contributed by atoms with Gasteiger partial charge in [-0.3, -0.25) is 0 Å². The fraction of sp³-hybridized carbons (Fsp3) is 0.357. The lowest BCUT2D eigenvalue weighted by molar-refractivity contribution is 0.199. The summed E-state index contributed by atoms with van der Waals surface area (Å²) < 4.78 is 27.4. The van der Waals surface area contributed by atoms with E-state index in [0.717, 1.165) is 0 Å². The van der Waals surface area contributed by atoms with Crippen molar-refractivity contribution in [1.82, 2.24) is 14.7 Å². The fourth-order valence-corrected chi connectivity index (χ4v) is 3.26. The Labute approximate surface area is 124 Å². The van der Waals surface area contributed by atoms with Crippen LogP contribution in [0.4, 0.5) is 0 Å². The summed E-state index contributed by atoms with van der Waals surface area (Å²) >= 11 is 0. The maximum absolute atomic E-state index is 12.4. The van der Waals surface area contributed by atoms with Gasteiger partial charge in [0.2, 0.25) is 10.0 Å². The largest absolute Gasteiger partial charge is 0.389 e. The van der Waals surface area contributed by atoms with Gasteiger partial charge in [0, 0.05) is 12.4 Å². The van der Waals surface area contributed by atoms with Crippen LogP contribution in [0.25, 0.3) is 0 Å². The molecule has 114 valence electrons. The molecule has 0 saturated carbocycles. The third-order valence-electron chi connectivity index (χ3n) is 3.23. The molecule has 0 aliphatic rings. The van der Waals surface area contributed by atoms with Crippen LogP contribution in [0.5, 0.6) is 0 Å². The normalized spacial score (nSPS) is 14.8. The van der Waals surface area contributed by atoms with E-state index < -0.39 is 22.2 Å². The molecule has 0 aliphatic heterocycles. The van der Waals surface area contributed by atoms with Gasteiger partial charge in [0.25, 0.3) is 0 Å². The summed E-state index contributed by atoms with van der Waals surface area (Å²) in [6, 6.07) is 5.78. The molecule has 0 fully saturated rings. The molecule has 2 aromatic rings. The van der Waals surface area contributed by atoms with E-state index in [4.69, 9.17) is 0 Å². The molecule has 1 aromatic carbocycles. The number of aliphatic hydroxyl groups excluding tert-OH is 1. The molecule has 7 heteroatoms. The number of hydrogen-bond donors (Lipinski definition) is 3. The Kier molecular flexibility index (Phi) is 4.76. The molecule has 3 N–H and O–H groups in total. The van der Waals surface area contributed by atoms with Crippen molar-refractivity contribution in [2.24, 2.45) is 0 Å². The Hall–Kier alpha value is -1.70. The number of aliphatic hydroxyl groups is 1. The maximum atomic E-state index is 12.4. The molecular formula is C14H19N3O3S. The average Bonchev–Trinajstić information content (AvgIpc) is 2.99. The number of rotatable bonds is 6. The third-order valence-corrected chi connectivity index (χ3v) is 4.72. The molecule has 2 unspecified atom stereocenters. The highest BCUT2D eigenvalue weighted by molar-refractivity contribution is 7.89. The van der Waals surface area contributed by atoms with E-state index in [1.807, 2.05) is 6.92 Å². The highest BCUT2D eigenvalue weighted by Crippen LogP contribution is 2.19. The SMILES string of the molecule is CCC(NS(=O)(=O)c1ccc(C(C)O)cc1)c1ncc[nH]1. The zero-order valence-electron chi connectivity index (χ0n) is 11.9. The smallest absolute Gasteiger partial charge is 0.241 e. The van der Waals surface area contributed by atoms with Crippen molar-refractivity contribution in [3.05, 3.63) is 48.0 Å². The van der Waals surface area contributed by atoms with Gasteiger partial charge in [-0.05, 0) is 31.0 Å². The van der Waals surface area contributed by atoms with Crippen LogP contribution in [0.1, 0.15) is 43.8 Å². The monoisotopic (exact) mass is 309 g/mol. The molecule has 1 aromatic heterocycles. The quantitative estimate of drug-likeness (QED) is 0.759. The minimum absolute atomic E-state index is 0.164. The Morgan fingerprint density at radius 1 is 1.33 bits per heavy atom. The number of nitrogens with zero attached hydrogens (tertiary/aromatic N) is 1. The first-order valence-corrected chi connectivity index (χ1v) is 8.22. The standard InChI is InChI=1S/C14H19N3O3S/c1-3-13(14-15-8-9-16-14)17-21(19,20)12-6-4-11(5-7-12)10(2)18/h4-10,13,17-18H,3H2,1-2H3,(H,15,16). The van der Waals surface area contributed by atoms with Gasteiger partial charge in [-0.2, -0.15) is 0 Å². The van der Waals surface area contributed by atoms with E-state index in [-0.39, 0.29) is 4.90 Å². The van der Waals surface area contributed by atoms with Gasteiger partial charge in [0.05, 0.1) is 17.0 Å². The molecule has 0 bridgehead atoms. The average molecular weight is 309 g/mol. The van der Waals surface area contributed by atoms with E-state index in [9.17, 15) is 13.5 Å². The zero-order chi connectivity index (χ0) is 15.5. The van der Waals surface area contributed by atoms with Crippen LogP contribution in [0.2, 0.25) is 0 Å². The summed E-state index contributed by atoms with van der Waals surface area (Å²) in [6.45, 7) is 3.51. The number of H-pyrrole nitrogens is 1. The van der Waals surface area contributed by atoms with Crippen LogP contribution in [0, 0.1) is 0 Å². The zero-order valence-corrected chi connectivity index (χ0v) is 12.8. The van der Waals surface area contributed by atoms with Gasteiger partial charge in [-0.1, -0.05) is 19.1 Å². The van der Waals surface area contributed by atoms with E-state index in [0.29, 0.717) is 17.8 Å². The first-order valence-electron chi connectivity index (χ1n) is 6.73. The summed E-state index contributed by atoms with van der Waals surface area (Å²) in [5, 5.41) is 9.45. The molecule has 6 nitrogen and oxygen atoms in total. The van der Waals surface area contributed by atoms with E-state index in [1.54, 1.807) is 31.5 Å². The van der Waals surface area contributed by atoms with E-state index >= 15 is 0 Å². The third kappa shape index (κ3) is 3.69. The molecule has 2 rings (SSSR count). The molecule has 21 heavy (non-hydrogen) atoms. The molecule has 0 aliphatic carbocycles. The molecule has 0 saturated heterocycles. The second kappa shape index (κ2) is 6.38. The molecular weight excluding hydrogens is 290 g/mol. The van der Waals surface area contributed by atoms with Crippen molar-refractivity contribution in [1.29, 1.82) is 0 Å². The van der Waals surface area contributed by atoms with Crippen LogP contribution in [0.15, 0.2) is 41.6 Å². The van der Waals surface area contributed by atoms with Crippen LogP contribution >= 0.6 is 0 Å². The second-order valence-electron chi connectivity index (χ2n) is 4.80. The second-order valence-corrected chi connectivity index (χ2v) is 6.52. The summed E-state index contributed by atoms with van der Waals surface area (Å²) in [4.78, 5) is 7.17. The fourth-order valence-electron chi connectivity index (χ4n) is 1.98.